The SMILES string of the molecule is CCCCCCCC/C=C\CCCCCCCC(=O)N(CC(C)C)CC(C)C. The molecule has 0 aromatic rings. The first-order chi connectivity index (χ1) is 13.5. The number of allylic oxidation sites excluding steroid dienone is 2. The van der Waals surface area contributed by atoms with E-state index in [4.69, 9.17) is 0 Å². The van der Waals surface area contributed by atoms with E-state index in [2.05, 4.69) is 51.7 Å². The van der Waals surface area contributed by atoms with Crippen molar-refractivity contribution < 1.29 is 4.79 Å². The van der Waals surface area contributed by atoms with E-state index in [1.54, 1.807) is 0 Å². The minimum atomic E-state index is 0.361. The largest absolute Gasteiger partial charge is 0.342 e. The number of unbranched alkanes of at least 4 members (excludes halogenated alkanes) is 11. The minimum Gasteiger partial charge on any atom is -0.342 e. The summed E-state index contributed by atoms with van der Waals surface area (Å²) < 4.78 is 0. The van der Waals surface area contributed by atoms with Gasteiger partial charge in [0.15, 0.2) is 0 Å². The van der Waals surface area contributed by atoms with E-state index in [-0.39, 0.29) is 0 Å². The van der Waals surface area contributed by atoms with Crippen LogP contribution >= 0.6 is 0 Å². The Hall–Kier alpha value is -0.790. The van der Waals surface area contributed by atoms with Gasteiger partial charge >= 0.3 is 0 Å². The van der Waals surface area contributed by atoms with E-state index in [9.17, 15) is 4.79 Å². The van der Waals surface area contributed by atoms with Crippen LogP contribution in [0.3, 0.4) is 0 Å². The molecule has 2 nitrogen and oxygen atoms in total. The predicted octanol–water partition coefficient (Wildman–Crippen LogP) is 8.16. The van der Waals surface area contributed by atoms with Crippen LogP contribution in [0.2, 0.25) is 0 Å². The molecule has 0 aliphatic heterocycles. The second kappa shape index (κ2) is 19.5. The number of rotatable bonds is 19. The Balaban J connectivity index is 3.57. The van der Waals surface area contributed by atoms with Gasteiger partial charge in [0, 0.05) is 19.5 Å². The highest BCUT2D eigenvalue weighted by Crippen LogP contribution is 2.12. The fourth-order valence-electron chi connectivity index (χ4n) is 3.66. The van der Waals surface area contributed by atoms with Crippen molar-refractivity contribution in [3.63, 3.8) is 0 Å². The van der Waals surface area contributed by atoms with Crippen molar-refractivity contribution in [1.29, 1.82) is 0 Å². The van der Waals surface area contributed by atoms with Gasteiger partial charge in [-0.1, -0.05) is 98.1 Å². The molecule has 0 atom stereocenters. The smallest absolute Gasteiger partial charge is 0.222 e. The molecular formula is C26H51NO. The summed E-state index contributed by atoms with van der Waals surface area (Å²) in [6.07, 6.45) is 22.4. The number of hydrogen-bond acceptors (Lipinski definition) is 1. The van der Waals surface area contributed by atoms with E-state index in [0.717, 1.165) is 25.9 Å². The summed E-state index contributed by atoms with van der Waals surface area (Å²) >= 11 is 0. The molecule has 1 amide bonds. The topological polar surface area (TPSA) is 20.3 Å². The quantitative estimate of drug-likeness (QED) is 0.160. The molecule has 0 saturated heterocycles. The maximum atomic E-state index is 12.5. The molecular weight excluding hydrogens is 342 g/mol. The standard InChI is InChI=1S/C26H51NO/c1-6-7-8-9-10-11-12-13-14-15-16-17-18-19-20-21-26(28)27(22-24(2)3)23-25(4)5/h13-14,24-25H,6-12,15-23H2,1-5H3/b14-13-. The summed E-state index contributed by atoms with van der Waals surface area (Å²) in [5.74, 6) is 1.47. The van der Waals surface area contributed by atoms with Gasteiger partial charge in [-0.3, -0.25) is 4.79 Å². The van der Waals surface area contributed by atoms with Crippen LogP contribution in [0.15, 0.2) is 12.2 Å². The maximum absolute atomic E-state index is 12.5. The first kappa shape index (κ1) is 27.2. The highest BCUT2D eigenvalue weighted by Gasteiger charge is 2.15. The lowest BCUT2D eigenvalue weighted by Crippen LogP contribution is -2.36. The Labute approximate surface area is 177 Å². The number of nitrogens with zero attached hydrogens (tertiary/aromatic N) is 1. The number of carbonyl (C=O) groups is 1. The average Bonchev–Trinajstić information content (AvgIpc) is 2.63. The van der Waals surface area contributed by atoms with Gasteiger partial charge in [0.2, 0.25) is 5.91 Å². The molecule has 0 N–H and O–H groups in total. The summed E-state index contributed by atoms with van der Waals surface area (Å²) in [6, 6.07) is 0. The first-order valence-corrected chi connectivity index (χ1v) is 12.4. The third kappa shape index (κ3) is 18.6. The van der Waals surface area contributed by atoms with Crippen LogP contribution in [0.1, 0.15) is 125 Å². The van der Waals surface area contributed by atoms with Crippen molar-refractivity contribution >= 4 is 5.91 Å². The fraction of sp³-hybridized carbons (Fsp3) is 0.885. The monoisotopic (exact) mass is 393 g/mol. The molecule has 0 saturated carbocycles. The molecule has 0 rings (SSSR count). The molecule has 166 valence electrons. The molecule has 0 heterocycles. The van der Waals surface area contributed by atoms with Gasteiger partial charge < -0.3 is 4.90 Å². The van der Waals surface area contributed by atoms with E-state index in [1.807, 2.05) is 0 Å². The molecule has 0 aromatic carbocycles. The van der Waals surface area contributed by atoms with Crippen molar-refractivity contribution in [1.82, 2.24) is 4.90 Å². The van der Waals surface area contributed by atoms with Crippen LogP contribution in [-0.4, -0.2) is 23.9 Å². The molecule has 0 aromatic heterocycles. The highest BCUT2D eigenvalue weighted by atomic mass is 16.2. The molecule has 0 bridgehead atoms. The number of hydrogen-bond donors (Lipinski definition) is 0. The number of carbonyl (C=O) groups excluding carboxylic acids is 1. The minimum absolute atomic E-state index is 0.361. The summed E-state index contributed by atoms with van der Waals surface area (Å²) in [7, 11) is 0. The van der Waals surface area contributed by atoms with Gasteiger partial charge in [-0.25, -0.2) is 0 Å². The third-order valence-electron chi connectivity index (χ3n) is 5.18. The van der Waals surface area contributed by atoms with Gasteiger partial charge in [0.1, 0.15) is 0 Å². The molecule has 0 spiro atoms. The highest BCUT2D eigenvalue weighted by molar-refractivity contribution is 5.76. The second-order valence-electron chi connectivity index (χ2n) is 9.42. The molecule has 0 radical (unpaired) electrons. The molecule has 0 unspecified atom stereocenters. The van der Waals surface area contributed by atoms with Gasteiger partial charge in [-0.2, -0.15) is 0 Å². The summed E-state index contributed by atoms with van der Waals surface area (Å²) in [5, 5.41) is 0. The molecule has 0 fully saturated rings. The lowest BCUT2D eigenvalue weighted by Gasteiger charge is -2.26. The van der Waals surface area contributed by atoms with Crippen LogP contribution in [0, 0.1) is 11.8 Å². The van der Waals surface area contributed by atoms with Crippen LogP contribution in [-0.2, 0) is 4.79 Å². The van der Waals surface area contributed by atoms with Crippen molar-refractivity contribution in [2.24, 2.45) is 11.8 Å². The molecule has 0 aliphatic rings. The lowest BCUT2D eigenvalue weighted by atomic mass is 10.1. The van der Waals surface area contributed by atoms with E-state index in [0.29, 0.717) is 17.7 Å². The second-order valence-corrected chi connectivity index (χ2v) is 9.42. The predicted molar refractivity (Wildman–Crippen MR) is 126 cm³/mol. The van der Waals surface area contributed by atoms with Crippen molar-refractivity contribution in [2.45, 2.75) is 125 Å². The van der Waals surface area contributed by atoms with Crippen LogP contribution in [0.25, 0.3) is 0 Å². The van der Waals surface area contributed by atoms with E-state index >= 15 is 0 Å². The first-order valence-electron chi connectivity index (χ1n) is 12.4. The van der Waals surface area contributed by atoms with Crippen molar-refractivity contribution in [3.05, 3.63) is 12.2 Å². The van der Waals surface area contributed by atoms with Gasteiger partial charge in [0.25, 0.3) is 0 Å². The average molecular weight is 394 g/mol. The Morgan fingerprint density at radius 3 is 1.57 bits per heavy atom. The Bertz CT molecular complexity index is 363. The van der Waals surface area contributed by atoms with E-state index < -0.39 is 0 Å². The van der Waals surface area contributed by atoms with Gasteiger partial charge in [-0.05, 0) is 43.9 Å². The molecule has 2 heteroatoms. The Kier molecular flexibility index (Phi) is 19.0. The van der Waals surface area contributed by atoms with Crippen LogP contribution in [0.5, 0.6) is 0 Å². The van der Waals surface area contributed by atoms with Crippen LogP contribution < -0.4 is 0 Å². The molecule has 0 aliphatic carbocycles. The Morgan fingerprint density at radius 1 is 0.679 bits per heavy atom. The van der Waals surface area contributed by atoms with Crippen LogP contribution in [0.4, 0.5) is 0 Å². The summed E-state index contributed by atoms with van der Waals surface area (Å²) in [6.45, 7) is 12.9. The summed E-state index contributed by atoms with van der Waals surface area (Å²) in [5.41, 5.74) is 0. The lowest BCUT2D eigenvalue weighted by molar-refractivity contribution is -0.132. The fourth-order valence-corrected chi connectivity index (χ4v) is 3.66. The normalized spacial score (nSPS) is 11.8. The van der Waals surface area contributed by atoms with Crippen molar-refractivity contribution in [2.75, 3.05) is 13.1 Å². The van der Waals surface area contributed by atoms with Gasteiger partial charge in [0.05, 0.1) is 0 Å². The maximum Gasteiger partial charge on any atom is 0.222 e. The Morgan fingerprint density at radius 2 is 1.11 bits per heavy atom. The zero-order chi connectivity index (χ0) is 21.0. The third-order valence-corrected chi connectivity index (χ3v) is 5.18. The number of amides is 1. The van der Waals surface area contributed by atoms with E-state index in [1.165, 1.54) is 77.0 Å². The summed E-state index contributed by atoms with van der Waals surface area (Å²) in [4.78, 5) is 14.6. The molecule has 28 heavy (non-hydrogen) atoms. The zero-order valence-corrected chi connectivity index (χ0v) is 20.0. The van der Waals surface area contributed by atoms with Crippen molar-refractivity contribution in [3.8, 4) is 0 Å². The zero-order valence-electron chi connectivity index (χ0n) is 20.0. The van der Waals surface area contributed by atoms with Gasteiger partial charge in [-0.15, -0.1) is 0 Å².